The third-order valence-electron chi connectivity index (χ3n) is 5.13. The molecule has 0 aliphatic carbocycles. The zero-order valence-corrected chi connectivity index (χ0v) is 16.8. The summed E-state index contributed by atoms with van der Waals surface area (Å²) in [6.07, 6.45) is 4.94. The van der Waals surface area contributed by atoms with E-state index in [9.17, 15) is 4.79 Å². The minimum absolute atomic E-state index is 0.260. The van der Waals surface area contributed by atoms with Crippen molar-refractivity contribution in [1.29, 1.82) is 0 Å². The van der Waals surface area contributed by atoms with E-state index in [4.69, 9.17) is 0 Å². The molecule has 4 nitrogen and oxygen atoms in total. The normalized spacial score (nSPS) is 15.2. The number of rotatable bonds is 8. The Morgan fingerprint density at radius 2 is 1.82 bits per heavy atom. The topological polar surface area (TPSA) is 35.6 Å². The van der Waals surface area contributed by atoms with Crippen LogP contribution in [0.25, 0.3) is 6.08 Å². The van der Waals surface area contributed by atoms with E-state index in [-0.39, 0.29) is 5.91 Å². The number of piperazine rings is 1. The first-order valence-corrected chi connectivity index (χ1v) is 10.2. The zero-order valence-electron chi connectivity index (χ0n) is 16.8. The number of carbonyl (C=O) groups is 1. The molecule has 1 aliphatic rings. The van der Waals surface area contributed by atoms with Crippen molar-refractivity contribution >= 4 is 12.0 Å². The van der Waals surface area contributed by atoms with Gasteiger partial charge >= 0.3 is 0 Å². The van der Waals surface area contributed by atoms with Crippen molar-refractivity contribution in [3.8, 4) is 0 Å². The lowest BCUT2D eigenvalue weighted by atomic mass is 10.1. The smallest absolute Gasteiger partial charge is 0.223 e. The Labute approximate surface area is 168 Å². The minimum Gasteiger partial charge on any atom is -0.340 e. The number of nitrogens with one attached hydrogen (secondary N) is 1. The van der Waals surface area contributed by atoms with Gasteiger partial charge in [0.15, 0.2) is 0 Å². The van der Waals surface area contributed by atoms with Crippen LogP contribution in [0.4, 0.5) is 0 Å². The molecule has 1 fully saturated rings. The first-order chi connectivity index (χ1) is 13.7. The van der Waals surface area contributed by atoms with E-state index in [0.717, 1.165) is 45.8 Å². The lowest BCUT2D eigenvalue weighted by Crippen LogP contribution is -2.49. The molecule has 0 atom stereocenters. The van der Waals surface area contributed by atoms with Crippen molar-refractivity contribution in [1.82, 2.24) is 15.1 Å². The fourth-order valence-electron chi connectivity index (χ4n) is 3.49. The maximum absolute atomic E-state index is 12.4. The zero-order chi connectivity index (χ0) is 19.6. The van der Waals surface area contributed by atoms with Gasteiger partial charge in [0.25, 0.3) is 0 Å². The van der Waals surface area contributed by atoms with Crippen LogP contribution in [0.15, 0.2) is 60.7 Å². The first kappa shape index (κ1) is 20.3. The highest BCUT2D eigenvalue weighted by molar-refractivity contribution is 5.76. The van der Waals surface area contributed by atoms with Crippen LogP contribution in [-0.2, 0) is 11.3 Å². The van der Waals surface area contributed by atoms with Crippen LogP contribution < -0.4 is 5.32 Å². The predicted molar refractivity (Wildman–Crippen MR) is 116 cm³/mol. The van der Waals surface area contributed by atoms with Crippen LogP contribution >= 0.6 is 0 Å². The summed E-state index contributed by atoms with van der Waals surface area (Å²) in [6.45, 7) is 8.14. The molecule has 4 heteroatoms. The van der Waals surface area contributed by atoms with Gasteiger partial charge < -0.3 is 10.2 Å². The van der Waals surface area contributed by atoms with Crippen LogP contribution in [0.5, 0.6) is 0 Å². The van der Waals surface area contributed by atoms with Crippen molar-refractivity contribution in [2.24, 2.45) is 0 Å². The van der Waals surface area contributed by atoms with E-state index in [0.29, 0.717) is 6.42 Å². The molecular formula is C24H31N3O. The molecule has 148 valence electrons. The summed E-state index contributed by atoms with van der Waals surface area (Å²) in [5.41, 5.74) is 3.77. The molecule has 1 aliphatic heterocycles. The molecule has 3 rings (SSSR count). The summed E-state index contributed by atoms with van der Waals surface area (Å²) in [6, 6.07) is 18.8. The first-order valence-electron chi connectivity index (χ1n) is 10.2. The van der Waals surface area contributed by atoms with Crippen molar-refractivity contribution in [3.05, 3.63) is 77.4 Å². The summed E-state index contributed by atoms with van der Waals surface area (Å²) in [5, 5.41) is 3.38. The highest BCUT2D eigenvalue weighted by Crippen LogP contribution is 2.06. The molecule has 2 aromatic carbocycles. The molecule has 0 radical (unpaired) electrons. The highest BCUT2D eigenvalue weighted by Gasteiger charge is 2.19. The maximum Gasteiger partial charge on any atom is 0.223 e. The Hall–Kier alpha value is -2.43. The molecule has 1 amide bonds. The third-order valence-corrected chi connectivity index (χ3v) is 5.13. The Balaban J connectivity index is 1.30. The van der Waals surface area contributed by atoms with E-state index in [1.165, 1.54) is 16.7 Å². The number of hydrogen-bond acceptors (Lipinski definition) is 3. The summed E-state index contributed by atoms with van der Waals surface area (Å²) >= 11 is 0. The minimum atomic E-state index is 0.260. The molecule has 1 N–H and O–H groups in total. The van der Waals surface area contributed by atoms with Gasteiger partial charge in [0.05, 0.1) is 0 Å². The number of carbonyl (C=O) groups excluding carboxylic acids is 1. The van der Waals surface area contributed by atoms with Crippen molar-refractivity contribution in [2.75, 3.05) is 39.3 Å². The van der Waals surface area contributed by atoms with Gasteiger partial charge in [0.2, 0.25) is 5.91 Å². The Bertz CT molecular complexity index is 764. The van der Waals surface area contributed by atoms with Crippen LogP contribution in [-0.4, -0.2) is 55.0 Å². The Morgan fingerprint density at radius 1 is 1.04 bits per heavy atom. The quantitative estimate of drug-likeness (QED) is 0.717. The SMILES string of the molecule is Cc1cccc(CNCCC(=O)N2CCN(C/C=C/c3ccccc3)CC2)c1. The number of benzene rings is 2. The lowest BCUT2D eigenvalue weighted by molar-refractivity contribution is -0.132. The second-order valence-corrected chi connectivity index (χ2v) is 7.41. The van der Waals surface area contributed by atoms with Gasteiger partial charge in [-0.1, -0.05) is 72.3 Å². The van der Waals surface area contributed by atoms with Crippen LogP contribution in [0, 0.1) is 6.92 Å². The highest BCUT2D eigenvalue weighted by atomic mass is 16.2. The third kappa shape index (κ3) is 6.63. The van der Waals surface area contributed by atoms with E-state index in [2.05, 4.69) is 77.8 Å². The van der Waals surface area contributed by atoms with Gasteiger partial charge in [-0.3, -0.25) is 9.69 Å². The van der Waals surface area contributed by atoms with Crippen molar-refractivity contribution in [2.45, 2.75) is 19.9 Å². The van der Waals surface area contributed by atoms with Crippen molar-refractivity contribution in [3.63, 3.8) is 0 Å². The second kappa shape index (κ2) is 10.8. The molecule has 1 heterocycles. The standard InChI is InChI=1S/C24H31N3O/c1-21-7-5-10-23(19-21)20-25-13-12-24(28)27-17-15-26(16-18-27)14-6-11-22-8-3-2-4-9-22/h2-11,19,25H,12-18,20H2,1H3/b11-6+. The van der Waals surface area contributed by atoms with E-state index < -0.39 is 0 Å². The van der Waals surface area contributed by atoms with Gasteiger partial charge in [-0.05, 0) is 18.1 Å². The maximum atomic E-state index is 12.4. The van der Waals surface area contributed by atoms with Crippen LogP contribution in [0.2, 0.25) is 0 Å². The van der Waals surface area contributed by atoms with E-state index in [1.807, 2.05) is 11.0 Å². The van der Waals surface area contributed by atoms with Gasteiger partial charge in [-0.2, -0.15) is 0 Å². The van der Waals surface area contributed by atoms with Crippen LogP contribution in [0.3, 0.4) is 0 Å². The predicted octanol–water partition coefficient (Wildman–Crippen LogP) is 3.33. The Kier molecular flexibility index (Phi) is 7.82. The summed E-state index contributed by atoms with van der Waals surface area (Å²) in [4.78, 5) is 16.8. The summed E-state index contributed by atoms with van der Waals surface area (Å²) < 4.78 is 0. The summed E-state index contributed by atoms with van der Waals surface area (Å²) in [5.74, 6) is 0.260. The number of nitrogens with zero attached hydrogens (tertiary/aromatic N) is 2. The van der Waals surface area contributed by atoms with E-state index in [1.54, 1.807) is 0 Å². The van der Waals surface area contributed by atoms with Gasteiger partial charge in [0.1, 0.15) is 0 Å². The average molecular weight is 378 g/mol. The second-order valence-electron chi connectivity index (χ2n) is 7.41. The molecular weight excluding hydrogens is 346 g/mol. The number of amides is 1. The molecule has 28 heavy (non-hydrogen) atoms. The number of aryl methyl sites for hydroxylation is 1. The molecule has 0 saturated carbocycles. The average Bonchev–Trinajstić information content (AvgIpc) is 2.72. The van der Waals surface area contributed by atoms with Crippen LogP contribution in [0.1, 0.15) is 23.1 Å². The lowest BCUT2D eigenvalue weighted by Gasteiger charge is -2.34. The molecule has 0 bridgehead atoms. The molecule has 0 aromatic heterocycles. The van der Waals surface area contributed by atoms with Gasteiger partial charge in [-0.15, -0.1) is 0 Å². The van der Waals surface area contributed by atoms with Gasteiger partial charge in [0, 0.05) is 52.2 Å². The Morgan fingerprint density at radius 3 is 2.57 bits per heavy atom. The molecule has 0 unspecified atom stereocenters. The van der Waals surface area contributed by atoms with Crippen molar-refractivity contribution < 1.29 is 4.79 Å². The number of hydrogen-bond donors (Lipinski definition) is 1. The summed E-state index contributed by atoms with van der Waals surface area (Å²) in [7, 11) is 0. The monoisotopic (exact) mass is 377 g/mol. The molecule has 2 aromatic rings. The van der Waals surface area contributed by atoms with E-state index >= 15 is 0 Å². The molecule has 1 saturated heterocycles. The van der Waals surface area contributed by atoms with Gasteiger partial charge in [-0.25, -0.2) is 0 Å². The fourth-order valence-corrected chi connectivity index (χ4v) is 3.49. The largest absolute Gasteiger partial charge is 0.340 e. The molecule has 0 spiro atoms. The fraction of sp³-hybridized carbons (Fsp3) is 0.375.